The quantitative estimate of drug-likeness (QED) is 0.759. The Bertz CT molecular complexity index is 359. The fourth-order valence-corrected chi connectivity index (χ4v) is 3.03. The monoisotopic (exact) mass is 257 g/mol. The maximum Gasteiger partial charge on any atom is 0.406 e. The van der Waals surface area contributed by atoms with E-state index in [9.17, 15) is 4.57 Å². The van der Waals surface area contributed by atoms with Gasteiger partial charge in [-0.05, 0) is 26.3 Å². The van der Waals surface area contributed by atoms with Gasteiger partial charge in [0.1, 0.15) is 0 Å². The lowest BCUT2D eigenvalue weighted by atomic mass is 10.1. The molecule has 0 spiro atoms. The van der Waals surface area contributed by atoms with Gasteiger partial charge in [-0.2, -0.15) is 0 Å². The Morgan fingerprint density at radius 2 is 1.71 bits per heavy atom. The fraction of sp³-hybridized carbons (Fsp3) is 0.500. The zero-order valence-electron chi connectivity index (χ0n) is 10.6. The minimum absolute atomic E-state index is 0.0832. The molecule has 1 N–H and O–H groups in total. The third kappa shape index (κ3) is 4.60. The Balaban J connectivity index is 2.71. The van der Waals surface area contributed by atoms with Gasteiger partial charge in [0.25, 0.3) is 0 Å². The number of hydrogen-bond acceptors (Lipinski definition) is 3. The van der Waals surface area contributed by atoms with Crippen molar-refractivity contribution in [1.29, 1.82) is 0 Å². The Morgan fingerprint density at radius 1 is 1.18 bits per heavy atom. The maximum atomic E-state index is 12.2. The Morgan fingerprint density at radius 3 is 2.18 bits per heavy atom. The topological polar surface area (TPSA) is 47.6 Å². The average Bonchev–Trinajstić information content (AvgIpc) is 2.30. The highest BCUT2D eigenvalue weighted by Gasteiger charge is 2.26. The van der Waals surface area contributed by atoms with Crippen molar-refractivity contribution < 1.29 is 13.6 Å². The molecule has 0 radical (unpaired) electrons. The molecule has 0 bridgehead atoms. The van der Waals surface area contributed by atoms with Gasteiger partial charge in [0.15, 0.2) is 0 Å². The van der Waals surface area contributed by atoms with Crippen molar-refractivity contribution in [2.24, 2.45) is 0 Å². The van der Waals surface area contributed by atoms with Gasteiger partial charge in [-0.15, -0.1) is 0 Å². The molecule has 1 atom stereocenters. The van der Waals surface area contributed by atoms with Crippen LogP contribution in [0.3, 0.4) is 0 Å². The predicted molar refractivity (Wildman–Crippen MR) is 68.9 cm³/mol. The molecule has 1 unspecified atom stereocenters. The molecule has 1 aromatic carbocycles. The highest BCUT2D eigenvalue weighted by Crippen LogP contribution is 2.45. The van der Waals surface area contributed by atoms with E-state index in [2.05, 4.69) is 5.09 Å². The standard InChI is InChI=1S/C12H20NO3P/c1-4-15-17(14,16-5-2)13-11(3)12-9-7-6-8-10-12/h6-11H,4-5H2,1-3H3,(H,13,14). The summed E-state index contributed by atoms with van der Waals surface area (Å²) in [6, 6.07) is 9.69. The molecule has 0 aromatic heterocycles. The van der Waals surface area contributed by atoms with E-state index in [4.69, 9.17) is 9.05 Å². The highest BCUT2D eigenvalue weighted by atomic mass is 31.2. The number of rotatable bonds is 7. The minimum Gasteiger partial charge on any atom is -0.297 e. The van der Waals surface area contributed by atoms with Crippen molar-refractivity contribution in [3.8, 4) is 0 Å². The number of nitrogens with one attached hydrogen (secondary N) is 1. The molecule has 0 fully saturated rings. The van der Waals surface area contributed by atoms with Gasteiger partial charge in [0, 0.05) is 6.04 Å². The van der Waals surface area contributed by atoms with Gasteiger partial charge in [-0.3, -0.25) is 9.05 Å². The van der Waals surface area contributed by atoms with Crippen LogP contribution in [0.4, 0.5) is 0 Å². The van der Waals surface area contributed by atoms with Crippen molar-refractivity contribution in [2.45, 2.75) is 26.8 Å². The van der Waals surface area contributed by atoms with Gasteiger partial charge in [0.05, 0.1) is 13.2 Å². The van der Waals surface area contributed by atoms with Crippen LogP contribution < -0.4 is 5.09 Å². The SMILES string of the molecule is CCOP(=O)(NC(C)c1ccccc1)OCC. The molecular weight excluding hydrogens is 237 g/mol. The third-order valence-corrected chi connectivity index (χ3v) is 4.15. The summed E-state index contributed by atoms with van der Waals surface area (Å²) >= 11 is 0. The molecule has 0 aliphatic rings. The summed E-state index contributed by atoms with van der Waals surface area (Å²) in [4.78, 5) is 0. The van der Waals surface area contributed by atoms with Crippen LogP contribution in [0.1, 0.15) is 32.4 Å². The second-order valence-electron chi connectivity index (χ2n) is 3.59. The lowest BCUT2D eigenvalue weighted by molar-refractivity contribution is 0.207. The number of benzene rings is 1. The van der Waals surface area contributed by atoms with E-state index in [0.717, 1.165) is 5.56 Å². The highest BCUT2D eigenvalue weighted by molar-refractivity contribution is 7.51. The molecule has 0 saturated carbocycles. The predicted octanol–water partition coefficient (Wildman–Crippen LogP) is 3.52. The molecule has 0 aliphatic carbocycles. The summed E-state index contributed by atoms with van der Waals surface area (Å²) in [6.45, 7) is 6.22. The van der Waals surface area contributed by atoms with Crippen molar-refractivity contribution in [2.75, 3.05) is 13.2 Å². The molecule has 0 heterocycles. The first kappa shape index (κ1) is 14.4. The Kier molecular flexibility index (Phi) is 5.86. The summed E-state index contributed by atoms with van der Waals surface area (Å²) in [5.41, 5.74) is 1.05. The van der Waals surface area contributed by atoms with Crippen molar-refractivity contribution in [3.63, 3.8) is 0 Å². The Hall–Kier alpha value is -0.670. The summed E-state index contributed by atoms with van der Waals surface area (Å²) in [6.07, 6.45) is 0. The van der Waals surface area contributed by atoms with E-state index in [1.165, 1.54) is 0 Å². The molecule has 96 valence electrons. The van der Waals surface area contributed by atoms with E-state index in [1.54, 1.807) is 13.8 Å². The lowest BCUT2D eigenvalue weighted by Gasteiger charge is -2.22. The maximum absolute atomic E-state index is 12.2. The zero-order valence-corrected chi connectivity index (χ0v) is 11.4. The van der Waals surface area contributed by atoms with Gasteiger partial charge in [0.2, 0.25) is 0 Å². The van der Waals surface area contributed by atoms with E-state index in [0.29, 0.717) is 13.2 Å². The number of hydrogen-bond donors (Lipinski definition) is 1. The van der Waals surface area contributed by atoms with Crippen LogP contribution in [0.25, 0.3) is 0 Å². The van der Waals surface area contributed by atoms with Crippen LogP contribution in [0, 0.1) is 0 Å². The van der Waals surface area contributed by atoms with Crippen LogP contribution >= 0.6 is 7.75 Å². The zero-order chi connectivity index (χ0) is 12.7. The lowest BCUT2D eigenvalue weighted by Crippen LogP contribution is -2.19. The molecule has 0 saturated heterocycles. The molecule has 1 rings (SSSR count). The van der Waals surface area contributed by atoms with Gasteiger partial charge < -0.3 is 0 Å². The van der Waals surface area contributed by atoms with Crippen molar-refractivity contribution >= 4 is 7.75 Å². The summed E-state index contributed by atoms with van der Waals surface area (Å²) in [5.74, 6) is 0. The molecule has 5 heteroatoms. The smallest absolute Gasteiger partial charge is 0.297 e. The second-order valence-corrected chi connectivity index (χ2v) is 5.36. The molecule has 0 aliphatic heterocycles. The molecule has 17 heavy (non-hydrogen) atoms. The average molecular weight is 257 g/mol. The molecule has 1 aromatic rings. The van der Waals surface area contributed by atoms with Crippen LogP contribution in [-0.4, -0.2) is 13.2 Å². The largest absolute Gasteiger partial charge is 0.406 e. The molecule has 0 amide bonds. The minimum atomic E-state index is -3.19. The summed E-state index contributed by atoms with van der Waals surface area (Å²) in [7, 11) is -3.19. The fourth-order valence-electron chi connectivity index (χ4n) is 1.51. The van der Waals surface area contributed by atoms with E-state index in [1.807, 2.05) is 37.3 Å². The van der Waals surface area contributed by atoms with Gasteiger partial charge >= 0.3 is 7.75 Å². The van der Waals surface area contributed by atoms with Crippen LogP contribution in [0.2, 0.25) is 0 Å². The third-order valence-electron chi connectivity index (χ3n) is 2.25. The summed E-state index contributed by atoms with van der Waals surface area (Å²) in [5, 5.41) is 2.92. The van der Waals surface area contributed by atoms with E-state index < -0.39 is 7.75 Å². The normalized spacial score (nSPS) is 13.6. The molecular formula is C12H20NO3P. The van der Waals surface area contributed by atoms with Crippen molar-refractivity contribution in [3.05, 3.63) is 35.9 Å². The van der Waals surface area contributed by atoms with E-state index in [-0.39, 0.29) is 6.04 Å². The van der Waals surface area contributed by atoms with Gasteiger partial charge in [-0.1, -0.05) is 30.3 Å². The Labute approximate surface area is 103 Å². The first-order valence-electron chi connectivity index (χ1n) is 5.83. The van der Waals surface area contributed by atoms with E-state index >= 15 is 0 Å². The summed E-state index contributed by atoms with van der Waals surface area (Å²) < 4.78 is 22.6. The van der Waals surface area contributed by atoms with Crippen LogP contribution in [0.5, 0.6) is 0 Å². The van der Waals surface area contributed by atoms with Crippen LogP contribution in [-0.2, 0) is 13.6 Å². The van der Waals surface area contributed by atoms with Crippen LogP contribution in [0.15, 0.2) is 30.3 Å². The first-order valence-corrected chi connectivity index (χ1v) is 7.37. The van der Waals surface area contributed by atoms with Crippen molar-refractivity contribution in [1.82, 2.24) is 5.09 Å². The second kappa shape index (κ2) is 6.92. The van der Waals surface area contributed by atoms with Gasteiger partial charge in [-0.25, -0.2) is 9.65 Å². The molecule has 4 nitrogen and oxygen atoms in total. The first-order chi connectivity index (χ1) is 8.11.